The van der Waals surface area contributed by atoms with Gasteiger partial charge in [-0.1, -0.05) is 11.3 Å². The van der Waals surface area contributed by atoms with Gasteiger partial charge < -0.3 is 5.32 Å². The topological polar surface area (TPSA) is 59.3 Å². The molecule has 0 saturated heterocycles. The number of hydrogen-bond acceptors (Lipinski definition) is 4. The molecule has 0 unspecified atom stereocenters. The number of aromatic nitrogens is 3. The van der Waals surface area contributed by atoms with Crippen LogP contribution in [0.25, 0.3) is 4.96 Å². The van der Waals surface area contributed by atoms with Gasteiger partial charge in [-0.15, -0.1) is 0 Å². The number of nitrogens with one attached hydrogen (secondary N) is 1. The fourth-order valence-electron chi connectivity index (χ4n) is 1.78. The van der Waals surface area contributed by atoms with Crippen molar-refractivity contribution in [1.82, 2.24) is 19.9 Å². The molecule has 0 aliphatic heterocycles. The monoisotopic (exact) mass is 290 g/mol. The highest BCUT2D eigenvalue weighted by molar-refractivity contribution is 7.16. The fourth-order valence-corrected chi connectivity index (χ4v) is 2.64. The average molecular weight is 290 g/mol. The molecule has 0 bridgehead atoms. The normalized spacial score (nSPS) is 10.9. The highest BCUT2D eigenvalue weighted by Crippen LogP contribution is 2.14. The Morgan fingerprint density at radius 2 is 2.15 bits per heavy atom. The Kier molecular flexibility index (Phi) is 3.19. The summed E-state index contributed by atoms with van der Waals surface area (Å²) in [4.78, 5) is 17.0. The van der Waals surface area contributed by atoms with E-state index in [0.717, 1.165) is 15.7 Å². The highest BCUT2D eigenvalue weighted by Gasteiger charge is 2.09. The third kappa shape index (κ3) is 2.53. The molecule has 0 spiro atoms. The fraction of sp³-hybridized carbons (Fsp3) is 0.154. The highest BCUT2D eigenvalue weighted by atomic mass is 32.1. The minimum Gasteiger partial charge on any atom is -0.345 e. The van der Waals surface area contributed by atoms with Crippen molar-refractivity contribution in [3.63, 3.8) is 0 Å². The maximum Gasteiger partial charge on any atom is 0.251 e. The predicted octanol–water partition coefficient (Wildman–Crippen LogP) is 2.17. The number of hydrogen-bond donors (Lipinski definition) is 1. The Morgan fingerprint density at radius 3 is 2.85 bits per heavy atom. The Morgan fingerprint density at radius 1 is 1.40 bits per heavy atom. The summed E-state index contributed by atoms with van der Waals surface area (Å²) in [7, 11) is 0. The summed E-state index contributed by atoms with van der Waals surface area (Å²) in [6.45, 7) is 2.22. The molecule has 1 N–H and O–H groups in total. The van der Waals surface area contributed by atoms with E-state index in [4.69, 9.17) is 0 Å². The van der Waals surface area contributed by atoms with Gasteiger partial charge in [-0.2, -0.15) is 5.10 Å². The van der Waals surface area contributed by atoms with Crippen LogP contribution in [0.1, 0.15) is 21.1 Å². The molecule has 102 valence electrons. The molecular formula is C13H11FN4OS. The number of nitrogens with zero attached hydrogens (tertiary/aromatic N) is 3. The Labute approximate surface area is 118 Å². The molecule has 5 nitrogen and oxygen atoms in total. The molecule has 3 aromatic rings. The van der Waals surface area contributed by atoms with Crippen molar-refractivity contribution in [3.05, 3.63) is 52.5 Å². The molecule has 0 aliphatic carbocycles. The quantitative estimate of drug-likeness (QED) is 0.804. The zero-order valence-corrected chi connectivity index (χ0v) is 11.4. The van der Waals surface area contributed by atoms with E-state index in [0.29, 0.717) is 12.1 Å². The predicted molar refractivity (Wildman–Crippen MR) is 73.2 cm³/mol. The Bertz CT molecular complexity index is 731. The van der Waals surface area contributed by atoms with Gasteiger partial charge in [0.15, 0.2) is 0 Å². The summed E-state index contributed by atoms with van der Waals surface area (Å²) in [5, 5.41) is 7.82. The second-order valence-corrected chi connectivity index (χ2v) is 5.34. The molecule has 1 amide bonds. The molecule has 0 saturated carbocycles. The maximum absolute atomic E-state index is 12.8. The van der Waals surface area contributed by atoms with E-state index in [1.54, 1.807) is 4.52 Å². The largest absolute Gasteiger partial charge is 0.345 e. The van der Waals surface area contributed by atoms with Gasteiger partial charge in [-0.25, -0.2) is 13.9 Å². The van der Waals surface area contributed by atoms with Crippen molar-refractivity contribution >= 4 is 22.2 Å². The van der Waals surface area contributed by atoms with Crippen LogP contribution in [0, 0.1) is 12.7 Å². The number of aryl methyl sites for hydroxylation is 1. The number of halogens is 1. The first-order valence-electron chi connectivity index (χ1n) is 5.97. The molecule has 20 heavy (non-hydrogen) atoms. The second-order valence-electron chi connectivity index (χ2n) is 4.29. The van der Waals surface area contributed by atoms with E-state index in [1.807, 2.05) is 13.1 Å². The lowest BCUT2D eigenvalue weighted by Crippen LogP contribution is -2.22. The molecule has 0 atom stereocenters. The molecule has 0 aliphatic rings. The summed E-state index contributed by atoms with van der Waals surface area (Å²) >= 11 is 1.42. The molecule has 3 rings (SSSR count). The van der Waals surface area contributed by atoms with E-state index < -0.39 is 0 Å². The standard InChI is InChI=1S/C13H11FN4OS/c1-8-7-18-13(16-8)20-11(17-18)6-15-12(19)9-2-4-10(14)5-3-9/h2-5,7H,6H2,1H3,(H,15,19). The van der Waals surface area contributed by atoms with Crippen LogP contribution in [0.2, 0.25) is 0 Å². The van der Waals surface area contributed by atoms with Crippen molar-refractivity contribution in [1.29, 1.82) is 0 Å². The van der Waals surface area contributed by atoms with Crippen LogP contribution in [-0.2, 0) is 6.54 Å². The molecule has 2 aromatic heterocycles. The second kappa shape index (κ2) is 5.01. The van der Waals surface area contributed by atoms with E-state index in [9.17, 15) is 9.18 Å². The van der Waals surface area contributed by atoms with Gasteiger partial charge in [0.1, 0.15) is 10.8 Å². The van der Waals surface area contributed by atoms with Crippen LogP contribution in [-0.4, -0.2) is 20.5 Å². The first-order valence-corrected chi connectivity index (χ1v) is 6.79. The van der Waals surface area contributed by atoms with Gasteiger partial charge in [-0.3, -0.25) is 4.79 Å². The van der Waals surface area contributed by atoms with Crippen LogP contribution in [0.5, 0.6) is 0 Å². The van der Waals surface area contributed by atoms with E-state index >= 15 is 0 Å². The zero-order chi connectivity index (χ0) is 14.1. The zero-order valence-electron chi connectivity index (χ0n) is 10.6. The van der Waals surface area contributed by atoms with Crippen LogP contribution in [0.15, 0.2) is 30.5 Å². The molecule has 0 fully saturated rings. The molecule has 7 heteroatoms. The van der Waals surface area contributed by atoms with E-state index in [1.165, 1.54) is 35.6 Å². The van der Waals surface area contributed by atoms with Crippen molar-refractivity contribution < 1.29 is 9.18 Å². The lowest BCUT2D eigenvalue weighted by atomic mass is 10.2. The van der Waals surface area contributed by atoms with Crippen LogP contribution >= 0.6 is 11.3 Å². The Balaban J connectivity index is 1.67. The minimum atomic E-state index is -0.363. The first-order chi connectivity index (χ1) is 9.61. The van der Waals surface area contributed by atoms with Gasteiger partial charge in [0.25, 0.3) is 5.91 Å². The van der Waals surface area contributed by atoms with Gasteiger partial charge in [0.05, 0.1) is 18.4 Å². The summed E-state index contributed by atoms with van der Waals surface area (Å²) in [5.41, 5.74) is 1.33. The lowest BCUT2D eigenvalue weighted by molar-refractivity contribution is 0.0950. The number of rotatable bonds is 3. The SMILES string of the molecule is Cc1cn2nc(CNC(=O)c3ccc(F)cc3)sc2n1. The number of fused-ring (bicyclic) bond motifs is 1. The van der Waals surface area contributed by atoms with Gasteiger partial charge >= 0.3 is 0 Å². The number of benzene rings is 1. The number of carbonyl (C=O) groups excluding carboxylic acids is 1. The smallest absolute Gasteiger partial charge is 0.251 e. The van der Waals surface area contributed by atoms with Crippen molar-refractivity contribution in [2.45, 2.75) is 13.5 Å². The van der Waals surface area contributed by atoms with Crippen LogP contribution in [0.4, 0.5) is 4.39 Å². The molecule has 1 aromatic carbocycles. The summed E-state index contributed by atoms with van der Waals surface area (Å²) in [6.07, 6.45) is 1.83. The first kappa shape index (κ1) is 12.7. The Hall–Kier alpha value is -2.28. The van der Waals surface area contributed by atoms with Crippen molar-refractivity contribution in [3.8, 4) is 0 Å². The van der Waals surface area contributed by atoms with E-state index in [-0.39, 0.29) is 11.7 Å². The third-order valence-corrected chi connectivity index (χ3v) is 3.63. The van der Waals surface area contributed by atoms with Crippen molar-refractivity contribution in [2.75, 3.05) is 0 Å². The van der Waals surface area contributed by atoms with Gasteiger partial charge in [0, 0.05) is 5.56 Å². The molecular weight excluding hydrogens is 279 g/mol. The summed E-state index contributed by atoms with van der Waals surface area (Å²) < 4.78 is 14.5. The molecule has 2 heterocycles. The van der Waals surface area contributed by atoms with Crippen LogP contribution in [0.3, 0.4) is 0 Å². The van der Waals surface area contributed by atoms with Gasteiger partial charge in [0.2, 0.25) is 4.96 Å². The third-order valence-electron chi connectivity index (χ3n) is 2.71. The summed E-state index contributed by atoms with van der Waals surface area (Å²) in [5.74, 6) is -0.618. The summed E-state index contributed by atoms with van der Waals surface area (Å²) in [6, 6.07) is 5.41. The minimum absolute atomic E-state index is 0.256. The number of carbonyl (C=O) groups is 1. The average Bonchev–Trinajstić information content (AvgIpc) is 2.93. The maximum atomic E-state index is 12.8. The molecule has 0 radical (unpaired) electrons. The van der Waals surface area contributed by atoms with Crippen LogP contribution < -0.4 is 5.32 Å². The van der Waals surface area contributed by atoms with E-state index in [2.05, 4.69) is 15.4 Å². The number of imidazole rings is 1. The number of amides is 1. The lowest BCUT2D eigenvalue weighted by Gasteiger charge is -2.02. The van der Waals surface area contributed by atoms with Gasteiger partial charge in [-0.05, 0) is 31.2 Å². The van der Waals surface area contributed by atoms with Crippen molar-refractivity contribution in [2.24, 2.45) is 0 Å².